The molecule has 0 heterocycles. The van der Waals surface area contributed by atoms with Crippen molar-refractivity contribution in [3.63, 3.8) is 0 Å². The first-order valence-corrected chi connectivity index (χ1v) is 5.17. The van der Waals surface area contributed by atoms with Crippen molar-refractivity contribution in [3.05, 3.63) is 24.3 Å². The normalized spacial score (nSPS) is 11.5. The third kappa shape index (κ3) is 4.01. The molecule has 4 heteroatoms. The summed E-state index contributed by atoms with van der Waals surface area (Å²) in [5, 5.41) is 11.3. The van der Waals surface area contributed by atoms with Crippen LogP contribution in [0.1, 0.15) is 19.8 Å². The Morgan fingerprint density at radius 2 is 2.12 bits per heavy atom. The van der Waals surface area contributed by atoms with E-state index in [1.54, 1.807) is 31.2 Å². The van der Waals surface area contributed by atoms with Gasteiger partial charge >= 0.3 is 0 Å². The summed E-state index contributed by atoms with van der Waals surface area (Å²) in [6, 6.07) is 9.06. The van der Waals surface area contributed by atoms with Gasteiger partial charge < -0.3 is 11.1 Å². The van der Waals surface area contributed by atoms with E-state index < -0.39 is 0 Å². The highest BCUT2D eigenvalue weighted by atomic mass is 16.1. The predicted octanol–water partition coefficient (Wildman–Crippen LogP) is 2.15. The summed E-state index contributed by atoms with van der Waals surface area (Å²) in [4.78, 5) is 11.5. The third-order valence-corrected chi connectivity index (χ3v) is 2.22. The Balaban J connectivity index is 2.40. The quantitative estimate of drug-likeness (QED) is 0.758. The van der Waals surface area contributed by atoms with Crippen LogP contribution in [0.4, 0.5) is 11.4 Å². The van der Waals surface area contributed by atoms with Crippen LogP contribution in [0.3, 0.4) is 0 Å². The van der Waals surface area contributed by atoms with Crippen LogP contribution in [0.5, 0.6) is 0 Å². The molecule has 0 spiro atoms. The van der Waals surface area contributed by atoms with Crippen LogP contribution in [-0.2, 0) is 4.79 Å². The van der Waals surface area contributed by atoms with Crippen molar-refractivity contribution in [2.24, 2.45) is 5.92 Å². The van der Waals surface area contributed by atoms with Gasteiger partial charge in [-0.3, -0.25) is 4.79 Å². The lowest BCUT2D eigenvalue weighted by molar-refractivity contribution is -0.116. The standard InChI is InChI=1S/C12H15N3O/c1-9(8-13)2-7-12(16)15-11-5-3-10(14)4-6-11/h3-6,9H,2,7,14H2,1H3,(H,15,16). The number of rotatable bonds is 4. The summed E-state index contributed by atoms with van der Waals surface area (Å²) in [7, 11) is 0. The maximum absolute atomic E-state index is 11.5. The van der Waals surface area contributed by atoms with Crippen molar-refractivity contribution in [2.75, 3.05) is 11.1 Å². The molecule has 0 aliphatic heterocycles. The number of nitrogens with one attached hydrogen (secondary N) is 1. The second-order valence-electron chi connectivity index (χ2n) is 3.74. The zero-order valence-corrected chi connectivity index (χ0v) is 9.23. The number of benzene rings is 1. The largest absolute Gasteiger partial charge is 0.399 e. The smallest absolute Gasteiger partial charge is 0.224 e. The van der Waals surface area contributed by atoms with Crippen molar-refractivity contribution in [3.8, 4) is 6.07 Å². The van der Waals surface area contributed by atoms with Crippen molar-refractivity contribution in [1.82, 2.24) is 0 Å². The molecule has 0 aliphatic rings. The number of nitriles is 1. The number of nitrogens with zero attached hydrogens (tertiary/aromatic N) is 1. The van der Waals surface area contributed by atoms with E-state index >= 15 is 0 Å². The molecular formula is C12H15N3O. The van der Waals surface area contributed by atoms with E-state index in [-0.39, 0.29) is 11.8 Å². The number of nitrogens with two attached hydrogens (primary N) is 1. The Kier molecular flexibility index (Phi) is 4.34. The summed E-state index contributed by atoms with van der Waals surface area (Å²) in [5.74, 6) is -0.163. The molecule has 84 valence electrons. The molecule has 1 rings (SSSR count). The summed E-state index contributed by atoms with van der Waals surface area (Å²) in [5.41, 5.74) is 6.91. The molecule has 0 aliphatic carbocycles. The molecular weight excluding hydrogens is 202 g/mol. The number of anilines is 2. The highest BCUT2D eigenvalue weighted by Crippen LogP contribution is 2.12. The molecule has 0 fully saturated rings. The lowest BCUT2D eigenvalue weighted by atomic mass is 10.1. The summed E-state index contributed by atoms with van der Waals surface area (Å²) >= 11 is 0. The zero-order chi connectivity index (χ0) is 12.0. The fourth-order valence-electron chi connectivity index (χ4n) is 1.20. The second-order valence-corrected chi connectivity index (χ2v) is 3.74. The molecule has 1 aromatic carbocycles. The lowest BCUT2D eigenvalue weighted by Crippen LogP contribution is -2.12. The molecule has 1 atom stereocenters. The van der Waals surface area contributed by atoms with Crippen molar-refractivity contribution in [2.45, 2.75) is 19.8 Å². The number of amides is 1. The van der Waals surface area contributed by atoms with E-state index in [0.717, 1.165) is 5.69 Å². The van der Waals surface area contributed by atoms with Gasteiger partial charge in [-0.1, -0.05) is 0 Å². The van der Waals surface area contributed by atoms with Gasteiger partial charge in [0.25, 0.3) is 0 Å². The number of nitrogen functional groups attached to an aromatic ring is 1. The van der Waals surface area contributed by atoms with Gasteiger partial charge in [-0.2, -0.15) is 5.26 Å². The van der Waals surface area contributed by atoms with Gasteiger partial charge in [-0.15, -0.1) is 0 Å². The maximum atomic E-state index is 11.5. The Bertz CT molecular complexity index is 392. The van der Waals surface area contributed by atoms with E-state index in [0.29, 0.717) is 18.5 Å². The highest BCUT2D eigenvalue weighted by Gasteiger charge is 2.05. The van der Waals surface area contributed by atoms with Gasteiger partial charge in [0.2, 0.25) is 5.91 Å². The molecule has 0 saturated carbocycles. The molecule has 0 aromatic heterocycles. The first-order chi connectivity index (χ1) is 7.61. The maximum Gasteiger partial charge on any atom is 0.224 e. The topological polar surface area (TPSA) is 78.9 Å². The third-order valence-electron chi connectivity index (χ3n) is 2.22. The van der Waals surface area contributed by atoms with Crippen LogP contribution in [-0.4, -0.2) is 5.91 Å². The van der Waals surface area contributed by atoms with E-state index in [2.05, 4.69) is 11.4 Å². The highest BCUT2D eigenvalue weighted by molar-refractivity contribution is 5.90. The molecule has 1 aromatic rings. The lowest BCUT2D eigenvalue weighted by Gasteiger charge is -2.05. The Labute approximate surface area is 95.1 Å². The number of carbonyl (C=O) groups excluding carboxylic acids is 1. The van der Waals surface area contributed by atoms with Crippen LogP contribution in [0.2, 0.25) is 0 Å². The van der Waals surface area contributed by atoms with Gasteiger partial charge in [0.15, 0.2) is 0 Å². The summed E-state index contributed by atoms with van der Waals surface area (Å²) in [6.45, 7) is 1.80. The monoisotopic (exact) mass is 217 g/mol. The first kappa shape index (κ1) is 12.1. The molecule has 0 bridgehead atoms. The van der Waals surface area contributed by atoms with Gasteiger partial charge in [0, 0.05) is 23.7 Å². The Morgan fingerprint density at radius 1 is 1.50 bits per heavy atom. The van der Waals surface area contributed by atoms with E-state index in [1.807, 2.05) is 0 Å². The number of hydrogen-bond acceptors (Lipinski definition) is 3. The van der Waals surface area contributed by atoms with E-state index in [1.165, 1.54) is 0 Å². The predicted molar refractivity (Wildman–Crippen MR) is 63.5 cm³/mol. The van der Waals surface area contributed by atoms with Crippen molar-refractivity contribution < 1.29 is 4.79 Å². The van der Waals surface area contributed by atoms with Crippen molar-refractivity contribution >= 4 is 17.3 Å². The molecule has 1 amide bonds. The van der Waals surface area contributed by atoms with E-state index in [9.17, 15) is 4.79 Å². The molecule has 16 heavy (non-hydrogen) atoms. The molecule has 3 N–H and O–H groups in total. The SMILES string of the molecule is CC(C#N)CCC(=O)Nc1ccc(N)cc1. The average molecular weight is 217 g/mol. The Hall–Kier alpha value is -2.02. The van der Waals surface area contributed by atoms with Crippen molar-refractivity contribution in [1.29, 1.82) is 5.26 Å². The fraction of sp³-hybridized carbons (Fsp3) is 0.333. The van der Waals surface area contributed by atoms with Gasteiger partial charge in [0.1, 0.15) is 0 Å². The molecule has 0 radical (unpaired) electrons. The number of hydrogen-bond donors (Lipinski definition) is 2. The molecule has 1 unspecified atom stereocenters. The fourth-order valence-corrected chi connectivity index (χ4v) is 1.20. The van der Waals surface area contributed by atoms with Crippen LogP contribution < -0.4 is 11.1 Å². The minimum atomic E-state index is -0.0860. The van der Waals surface area contributed by atoms with Crippen LogP contribution >= 0.6 is 0 Å². The first-order valence-electron chi connectivity index (χ1n) is 5.17. The minimum Gasteiger partial charge on any atom is -0.399 e. The zero-order valence-electron chi connectivity index (χ0n) is 9.23. The molecule has 4 nitrogen and oxygen atoms in total. The van der Waals surface area contributed by atoms with E-state index in [4.69, 9.17) is 11.0 Å². The average Bonchev–Trinajstić information content (AvgIpc) is 2.29. The Morgan fingerprint density at radius 3 is 2.69 bits per heavy atom. The van der Waals surface area contributed by atoms with Gasteiger partial charge in [-0.05, 0) is 37.6 Å². The summed E-state index contributed by atoms with van der Waals surface area (Å²) < 4.78 is 0. The van der Waals surface area contributed by atoms with Gasteiger partial charge in [0.05, 0.1) is 6.07 Å². The van der Waals surface area contributed by atoms with Crippen LogP contribution in [0, 0.1) is 17.2 Å². The minimum absolute atomic E-state index is 0.0770. The van der Waals surface area contributed by atoms with Gasteiger partial charge in [-0.25, -0.2) is 0 Å². The van der Waals surface area contributed by atoms with Crippen LogP contribution in [0.15, 0.2) is 24.3 Å². The van der Waals surface area contributed by atoms with Crippen LogP contribution in [0.25, 0.3) is 0 Å². The summed E-state index contributed by atoms with van der Waals surface area (Å²) in [6.07, 6.45) is 0.941. The second kappa shape index (κ2) is 5.76. The molecule has 0 saturated heterocycles. The number of carbonyl (C=O) groups is 1.